The Morgan fingerprint density at radius 3 is 2.75 bits per heavy atom. The van der Waals surface area contributed by atoms with Crippen molar-refractivity contribution in [1.82, 2.24) is 10.2 Å². The molecule has 1 fully saturated rings. The van der Waals surface area contributed by atoms with Crippen LogP contribution in [0.3, 0.4) is 0 Å². The van der Waals surface area contributed by atoms with Crippen LogP contribution in [0.2, 0.25) is 5.02 Å². The van der Waals surface area contributed by atoms with Crippen LogP contribution in [-0.2, 0) is 0 Å². The van der Waals surface area contributed by atoms with Crippen LogP contribution in [0.4, 0.5) is 0 Å². The van der Waals surface area contributed by atoms with E-state index >= 15 is 0 Å². The van der Waals surface area contributed by atoms with E-state index in [0.29, 0.717) is 6.04 Å². The monoisotopic (exact) mass is 294 g/mol. The first-order chi connectivity index (χ1) is 9.61. The zero-order chi connectivity index (χ0) is 14.5. The van der Waals surface area contributed by atoms with Crippen molar-refractivity contribution >= 4 is 11.6 Å². The molecular formula is C17H27ClN2. The van der Waals surface area contributed by atoms with Crippen LogP contribution in [0, 0.1) is 5.92 Å². The molecule has 1 saturated heterocycles. The number of hydrogen-bond donors (Lipinski definition) is 1. The van der Waals surface area contributed by atoms with Gasteiger partial charge in [-0.3, -0.25) is 0 Å². The first kappa shape index (κ1) is 15.8. The topological polar surface area (TPSA) is 15.3 Å². The molecule has 0 spiro atoms. The molecule has 0 amide bonds. The molecule has 1 aromatic rings. The van der Waals surface area contributed by atoms with Gasteiger partial charge in [0.1, 0.15) is 0 Å². The van der Waals surface area contributed by atoms with E-state index in [1.165, 1.54) is 24.9 Å². The molecule has 3 atom stereocenters. The van der Waals surface area contributed by atoms with Crippen LogP contribution in [0.15, 0.2) is 24.3 Å². The van der Waals surface area contributed by atoms with Gasteiger partial charge in [-0.1, -0.05) is 36.7 Å². The summed E-state index contributed by atoms with van der Waals surface area (Å²) in [7, 11) is 2.02. The predicted octanol–water partition coefficient (Wildman–Crippen LogP) is 4.11. The van der Waals surface area contributed by atoms with Gasteiger partial charge in [0.15, 0.2) is 0 Å². The smallest absolute Gasteiger partial charge is 0.0453 e. The minimum atomic E-state index is 0.341. The highest BCUT2D eigenvalue weighted by Crippen LogP contribution is 2.27. The summed E-state index contributed by atoms with van der Waals surface area (Å²) in [6.07, 6.45) is 3.81. The average molecular weight is 295 g/mol. The Labute approximate surface area is 128 Å². The predicted molar refractivity (Wildman–Crippen MR) is 87.3 cm³/mol. The fourth-order valence-corrected chi connectivity index (χ4v) is 3.47. The lowest BCUT2D eigenvalue weighted by atomic mass is 9.94. The molecule has 0 aromatic heterocycles. The Kier molecular flexibility index (Phi) is 5.88. The molecule has 1 heterocycles. The first-order valence-electron chi connectivity index (χ1n) is 7.77. The summed E-state index contributed by atoms with van der Waals surface area (Å²) in [5.74, 6) is 0.833. The normalized spacial score (nSPS) is 25.6. The van der Waals surface area contributed by atoms with Crippen molar-refractivity contribution in [2.75, 3.05) is 20.1 Å². The molecular weight excluding hydrogens is 268 g/mol. The number of nitrogens with one attached hydrogen (secondary N) is 1. The standard InChI is InChI=1S/C17H27ClN2/c1-13-8-9-14(2)20(12-13)11-10-17(19-3)15-6-4-5-7-16(15)18/h4-7,13-14,17,19H,8-12H2,1-3H3. The van der Waals surface area contributed by atoms with Gasteiger partial charge < -0.3 is 10.2 Å². The van der Waals surface area contributed by atoms with Gasteiger partial charge in [-0.2, -0.15) is 0 Å². The zero-order valence-electron chi connectivity index (χ0n) is 12.9. The van der Waals surface area contributed by atoms with Gasteiger partial charge >= 0.3 is 0 Å². The molecule has 3 heteroatoms. The molecule has 0 saturated carbocycles. The molecule has 20 heavy (non-hydrogen) atoms. The summed E-state index contributed by atoms with van der Waals surface area (Å²) < 4.78 is 0. The third-order valence-corrected chi connectivity index (χ3v) is 4.93. The third kappa shape index (κ3) is 3.97. The Morgan fingerprint density at radius 1 is 1.30 bits per heavy atom. The highest BCUT2D eigenvalue weighted by Gasteiger charge is 2.23. The lowest BCUT2D eigenvalue weighted by molar-refractivity contribution is 0.119. The summed E-state index contributed by atoms with van der Waals surface area (Å²) in [5, 5.41) is 4.28. The second-order valence-electron chi connectivity index (χ2n) is 6.18. The average Bonchev–Trinajstić information content (AvgIpc) is 2.45. The van der Waals surface area contributed by atoms with E-state index in [0.717, 1.165) is 29.9 Å². The summed E-state index contributed by atoms with van der Waals surface area (Å²) in [6.45, 7) is 7.10. The number of halogens is 1. The van der Waals surface area contributed by atoms with E-state index in [9.17, 15) is 0 Å². The van der Waals surface area contributed by atoms with Gasteiger partial charge in [-0.15, -0.1) is 0 Å². The summed E-state index contributed by atoms with van der Waals surface area (Å²) >= 11 is 6.32. The van der Waals surface area contributed by atoms with Crippen LogP contribution in [0.1, 0.15) is 44.7 Å². The van der Waals surface area contributed by atoms with Crippen molar-refractivity contribution < 1.29 is 0 Å². The Morgan fingerprint density at radius 2 is 2.05 bits per heavy atom. The van der Waals surface area contributed by atoms with Crippen LogP contribution in [-0.4, -0.2) is 31.1 Å². The summed E-state index contributed by atoms with van der Waals surface area (Å²) in [6, 6.07) is 9.23. The van der Waals surface area contributed by atoms with E-state index < -0.39 is 0 Å². The molecule has 1 aliphatic rings. The lowest BCUT2D eigenvalue weighted by Crippen LogP contribution is -2.42. The van der Waals surface area contributed by atoms with Gasteiger partial charge in [-0.05, 0) is 50.8 Å². The highest BCUT2D eigenvalue weighted by atomic mass is 35.5. The SMILES string of the molecule is CNC(CCN1CC(C)CCC1C)c1ccccc1Cl. The first-order valence-corrected chi connectivity index (χ1v) is 8.15. The molecule has 1 N–H and O–H groups in total. The Balaban J connectivity index is 1.95. The minimum absolute atomic E-state index is 0.341. The molecule has 1 aromatic carbocycles. The highest BCUT2D eigenvalue weighted by molar-refractivity contribution is 6.31. The minimum Gasteiger partial charge on any atom is -0.313 e. The van der Waals surface area contributed by atoms with E-state index in [1.54, 1.807) is 0 Å². The van der Waals surface area contributed by atoms with Crippen molar-refractivity contribution in [3.8, 4) is 0 Å². The molecule has 3 unspecified atom stereocenters. The van der Waals surface area contributed by atoms with Crippen molar-refractivity contribution in [3.63, 3.8) is 0 Å². The molecule has 112 valence electrons. The van der Waals surface area contributed by atoms with Crippen molar-refractivity contribution in [3.05, 3.63) is 34.9 Å². The molecule has 0 aliphatic carbocycles. The molecule has 2 nitrogen and oxygen atoms in total. The van der Waals surface area contributed by atoms with Crippen LogP contribution in [0.5, 0.6) is 0 Å². The molecule has 2 rings (SSSR count). The van der Waals surface area contributed by atoms with E-state index in [4.69, 9.17) is 11.6 Å². The van der Waals surface area contributed by atoms with Gasteiger partial charge in [0.25, 0.3) is 0 Å². The molecule has 0 bridgehead atoms. The number of piperidine rings is 1. The van der Waals surface area contributed by atoms with E-state index in [2.05, 4.69) is 36.2 Å². The molecule has 1 aliphatic heterocycles. The van der Waals surface area contributed by atoms with E-state index in [1.807, 2.05) is 19.2 Å². The number of hydrogen-bond acceptors (Lipinski definition) is 2. The fraction of sp³-hybridized carbons (Fsp3) is 0.647. The quantitative estimate of drug-likeness (QED) is 0.879. The largest absolute Gasteiger partial charge is 0.313 e. The second kappa shape index (κ2) is 7.44. The van der Waals surface area contributed by atoms with Crippen molar-refractivity contribution in [2.45, 2.75) is 45.2 Å². The van der Waals surface area contributed by atoms with Crippen LogP contribution >= 0.6 is 11.6 Å². The number of benzene rings is 1. The zero-order valence-corrected chi connectivity index (χ0v) is 13.7. The lowest BCUT2D eigenvalue weighted by Gasteiger charge is -2.37. The maximum atomic E-state index is 6.32. The number of likely N-dealkylation sites (tertiary alicyclic amines) is 1. The Bertz CT molecular complexity index is 421. The maximum absolute atomic E-state index is 6.32. The number of rotatable bonds is 5. The second-order valence-corrected chi connectivity index (χ2v) is 6.59. The molecule has 0 radical (unpaired) electrons. The van der Waals surface area contributed by atoms with Gasteiger partial charge in [0.05, 0.1) is 0 Å². The van der Waals surface area contributed by atoms with Crippen molar-refractivity contribution in [2.24, 2.45) is 5.92 Å². The summed E-state index contributed by atoms with van der Waals surface area (Å²) in [4.78, 5) is 2.63. The van der Waals surface area contributed by atoms with Crippen LogP contribution in [0.25, 0.3) is 0 Å². The van der Waals surface area contributed by atoms with Gasteiger partial charge in [0, 0.05) is 30.2 Å². The van der Waals surface area contributed by atoms with Crippen LogP contribution < -0.4 is 5.32 Å². The van der Waals surface area contributed by atoms with Gasteiger partial charge in [0.2, 0.25) is 0 Å². The van der Waals surface area contributed by atoms with E-state index in [-0.39, 0.29) is 0 Å². The summed E-state index contributed by atoms with van der Waals surface area (Å²) in [5.41, 5.74) is 1.22. The van der Waals surface area contributed by atoms with Gasteiger partial charge in [-0.25, -0.2) is 0 Å². The maximum Gasteiger partial charge on any atom is 0.0453 e. The fourth-order valence-electron chi connectivity index (χ4n) is 3.20. The number of nitrogens with zero attached hydrogens (tertiary/aromatic N) is 1. The Hall–Kier alpha value is -0.570. The third-order valence-electron chi connectivity index (χ3n) is 4.58. The van der Waals surface area contributed by atoms with Crippen molar-refractivity contribution in [1.29, 1.82) is 0 Å².